The summed E-state index contributed by atoms with van der Waals surface area (Å²) in [4.78, 5) is 22.3. The molecule has 0 saturated carbocycles. The number of rotatable bonds is 5. The first kappa shape index (κ1) is 17.4. The predicted octanol–water partition coefficient (Wildman–Crippen LogP) is 6.10. The Kier molecular flexibility index (Phi) is 5.15. The van der Waals surface area contributed by atoms with Crippen molar-refractivity contribution in [2.75, 3.05) is 5.75 Å². The molecule has 3 nitrogen and oxygen atoms in total. The van der Waals surface area contributed by atoms with Gasteiger partial charge in [0.05, 0.1) is 11.1 Å². The van der Waals surface area contributed by atoms with Crippen LogP contribution in [0.5, 0.6) is 0 Å². The Bertz CT molecular complexity index is 1060. The molecular weight excluding hydrogens is 428 g/mol. The number of ketones is 1. The smallest absolute Gasteiger partial charge is 0.173 e. The van der Waals surface area contributed by atoms with Crippen molar-refractivity contribution in [3.63, 3.8) is 0 Å². The second-order valence-corrected chi connectivity index (χ2v) is 8.33. The average Bonchev–Trinajstić information content (AvgIpc) is 3.12. The number of hydrogen-bond acceptors (Lipinski definition) is 5. The van der Waals surface area contributed by atoms with Crippen molar-refractivity contribution in [1.29, 1.82) is 0 Å². The number of carbonyl (C=O) groups excluding carboxylic acids is 1. The number of fused-ring (bicyclic) bond motifs is 1. The lowest BCUT2D eigenvalue weighted by atomic mass is 10.1. The average molecular weight is 441 g/mol. The van der Waals surface area contributed by atoms with Gasteiger partial charge in [0.1, 0.15) is 16.2 Å². The van der Waals surface area contributed by atoms with Crippen molar-refractivity contribution in [1.82, 2.24) is 9.97 Å². The fourth-order valence-electron chi connectivity index (χ4n) is 2.64. The van der Waals surface area contributed by atoms with Gasteiger partial charge in [0.15, 0.2) is 5.78 Å². The van der Waals surface area contributed by atoms with Crippen molar-refractivity contribution in [2.45, 2.75) is 5.03 Å². The topological polar surface area (TPSA) is 42.9 Å². The highest BCUT2D eigenvalue weighted by Crippen LogP contribution is 2.37. The summed E-state index contributed by atoms with van der Waals surface area (Å²) < 4.78 is 0.963. The molecule has 4 rings (SSSR count). The fraction of sp³-hybridized carbons (Fsp3) is 0.0500. The molecule has 2 aromatic carbocycles. The molecule has 0 aliphatic carbocycles. The highest BCUT2D eigenvalue weighted by Gasteiger charge is 2.15. The van der Waals surface area contributed by atoms with Crippen LogP contribution in [0.25, 0.3) is 21.3 Å². The van der Waals surface area contributed by atoms with Crippen LogP contribution in [0.4, 0.5) is 0 Å². The third-order valence-electron chi connectivity index (χ3n) is 3.93. The van der Waals surface area contributed by atoms with Gasteiger partial charge < -0.3 is 0 Å². The first-order valence-corrected chi connectivity index (χ1v) is 10.6. The van der Waals surface area contributed by atoms with Gasteiger partial charge in [0.2, 0.25) is 0 Å². The van der Waals surface area contributed by atoms with E-state index in [-0.39, 0.29) is 5.78 Å². The second-order valence-electron chi connectivity index (χ2n) is 5.59. The number of carbonyl (C=O) groups is 1. The van der Waals surface area contributed by atoms with Gasteiger partial charge in [-0.2, -0.15) is 0 Å². The van der Waals surface area contributed by atoms with Gasteiger partial charge in [-0.05, 0) is 17.7 Å². The normalized spacial score (nSPS) is 11.0. The first-order chi connectivity index (χ1) is 12.7. The Labute approximate surface area is 167 Å². The van der Waals surface area contributed by atoms with Gasteiger partial charge in [-0.3, -0.25) is 4.79 Å². The minimum Gasteiger partial charge on any atom is -0.293 e. The Morgan fingerprint density at radius 2 is 1.81 bits per heavy atom. The maximum atomic E-state index is 12.5. The number of thiophene rings is 1. The summed E-state index contributed by atoms with van der Waals surface area (Å²) >= 11 is 6.46. The van der Waals surface area contributed by atoms with Gasteiger partial charge >= 0.3 is 0 Å². The third-order valence-corrected chi connectivity index (χ3v) is 6.33. The highest BCUT2D eigenvalue weighted by molar-refractivity contribution is 9.10. The zero-order valence-corrected chi connectivity index (χ0v) is 16.8. The van der Waals surface area contributed by atoms with Crippen molar-refractivity contribution in [3.8, 4) is 11.1 Å². The van der Waals surface area contributed by atoms with E-state index in [0.717, 1.165) is 30.8 Å². The molecule has 0 aliphatic heterocycles. The fourth-order valence-corrected chi connectivity index (χ4v) is 4.79. The first-order valence-electron chi connectivity index (χ1n) is 7.91. The Morgan fingerprint density at radius 3 is 2.58 bits per heavy atom. The number of halogens is 1. The van der Waals surface area contributed by atoms with Gasteiger partial charge in [-0.15, -0.1) is 11.3 Å². The Morgan fingerprint density at radius 1 is 1.04 bits per heavy atom. The molecule has 2 heterocycles. The van der Waals surface area contributed by atoms with Crippen LogP contribution in [0.2, 0.25) is 0 Å². The zero-order valence-electron chi connectivity index (χ0n) is 13.6. The summed E-state index contributed by atoms with van der Waals surface area (Å²) in [5.74, 6) is 0.434. The molecule has 0 amide bonds. The third kappa shape index (κ3) is 3.58. The van der Waals surface area contributed by atoms with Crippen LogP contribution in [-0.4, -0.2) is 21.5 Å². The molecule has 0 atom stereocenters. The van der Waals surface area contributed by atoms with Crippen LogP contribution < -0.4 is 0 Å². The van der Waals surface area contributed by atoms with Crippen LogP contribution in [-0.2, 0) is 0 Å². The van der Waals surface area contributed by atoms with E-state index in [4.69, 9.17) is 0 Å². The molecule has 0 unspecified atom stereocenters. The molecule has 0 radical (unpaired) electrons. The minimum absolute atomic E-state index is 0.0887. The van der Waals surface area contributed by atoms with Gasteiger partial charge in [0, 0.05) is 21.0 Å². The highest BCUT2D eigenvalue weighted by atomic mass is 79.9. The van der Waals surface area contributed by atoms with Crippen molar-refractivity contribution >= 4 is 55.0 Å². The van der Waals surface area contributed by atoms with E-state index in [1.165, 1.54) is 11.8 Å². The maximum absolute atomic E-state index is 12.5. The molecule has 0 bridgehead atoms. The lowest BCUT2D eigenvalue weighted by molar-refractivity contribution is 0.102. The number of Topliss-reactive ketones (excluding diaryl/α,β-unsaturated/α-hetero) is 1. The molecule has 6 heteroatoms. The molecule has 0 spiro atoms. The summed E-state index contributed by atoms with van der Waals surface area (Å²) in [6, 6.07) is 17.6. The van der Waals surface area contributed by atoms with Crippen LogP contribution in [0, 0.1) is 0 Å². The van der Waals surface area contributed by atoms with Crippen LogP contribution in [0.1, 0.15) is 10.4 Å². The van der Waals surface area contributed by atoms with Gasteiger partial charge in [-0.25, -0.2) is 9.97 Å². The molecule has 0 fully saturated rings. The molecule has 4 aromatic rings. The van der Waals surface area contributed by atoms with Crippen LogP contribution >= 0.6 is 39.0 Å². The minimum atomic E-state index is 0.0887. The van der Waals surface area contributed by atoms with Crippen molar-refractivity contribution in [3.05, 3.63) is 76.3 Å². The van der Waals surface area contributed by atoms with E-state index < -0.39 is 0 Å². The zero-order chi connectivity index (χ0) is 17.9. The lowest BCUT2D eigenvalue weighted by Gasteiger charge is -2.05. The number of nitrogens with zero attached hydrogens (tertiary/aromatic N) is 2. The quantitative estimate of drug-likeness (QED) is 0.213. The van der Waals surface area contributed by atoms with Gasteiger partial charge in [-0.1, -0.05) is 70.2 Å². The molecule has 0 N–H and O–H groups in total. The Balaban J connectivity index is 1.63. The molecule has 128 valence electrons. The molecular formula is C20H13BrN2OS2. The lowest BCUT2D eigenvalue weighted by Crippen LogP contribution is -2.02. The van der Waals surface area contributed by atoms with E-state index in [9.17, 15) is 4.79 Å². The monoisotopic (exact) mass is 440 g/mol. The number of benzene rings is 2. The second kappa shape index (κ2) is 7.70. The number of hydrogen-bond donors (Lipinski definition) is 0. The van der Waals surface area contributed by atoms with Crippen LogP contribution in [0.15, 0.2) is 75.8 Å². The summed E-state index contributed by atoms with van der Waals surface area (Å²) in [6.45, 7) is 0. The Hall–Kier alpha value is -2.02. The van der Waals surface area contributed by atoms with E-state index in [1.54, 1.807) is 17.7 Å². The van der Waals surface area contributed by atoms with Crippen LogP contribution in [0.3, 0.4) is 0 Å². The van der Waals surface area contributed by atoms with Gasteiger partial charge in [0.25, 0.3) is 0 Å². The van der Waals surface area contributed by atoms with Crippen molar-refractivity contribution in [2.24, 2.45) is 0 Å². The van der Waals surface area contributed by atoms with E-state index in [0.29, 0.717) is 11.3 Å². The molecule has 0 aliphatic rings. The molecule has 0 saturated heterocycles. The summed E-state index contributed by atoms with van der Waals surface area (Å²) in [6.07, 6.45) is 1.57. The summed E-state index contributed by atoms with van der Waals surface area (Å²) in [7, 11) is 0. The predicted molar refractivity (Wildman–Crippen MR) is 112 cm³/mol. The number of aromatic nitrogens is 2. The maximum Gasteiger partial charge on any atom is 0.173 e. The summed E-state index contributed by atoms with van der Waals surface area (Å²) in [5, 5.41) is 3.98. The SMILES string of the molecule is O=C(CSc1ncnc2scc(-c3ccccc3)c12)c1ccc(Br)cc1. The van der Waals surface area contributed by atoms with Crippen molar-refractivity contribution < 1.29 is 4.79 Å². The largest absolute Gasteiger partial charge is 0.293 e. The number of thioether (sulfide) groups is 1. The standard InChI is InChI=1S/C20H13BrN2OS2/c21-15-8-6-14(7-9-15)17(24)11-26-20-18-16(13-4-2-1-3-5-13)10-25-19(18)22-12-23-20/h1-10,12H,11H2. The van der Waals surface area contributed by atoms with E-state index in [2.05, 4.69) is 43.4 Å². The van der Waals surface area contributed by atoms with E-state index >= 15 is 0 Å². The van der Waals surface area contributed by atoms with E-state index in [1.807, 2.05) is 42.5 Å². The summed E-state index contributed by atoms with van der Waals surface area (Å²) in [5.41, 5.74) is 2.96. The molecule has 2 aromatic heterocycles. The molecule has 26 heavy (non-hydrogen) atoms.